The molecule has 0 atom stereocenters. The summed E-state index contributed by atoms with van der Waals surface area (Å²) in [6.45, 7) is 21.8. The summed E-state index contributed by atoms with van der Waals surface area (Å²) in [6, 6.07) is 3.17. The number of hydrogen-bond acceptors (Lipinski definition) is 5. The van der Waals surface area contributed by atoms with E-state index in [4.69, 9.17) is 13.3 Å². The largest absolute Gasteiger partial charge is 0.500 e. The fourth-order valence-electron chi connectivity index (χ4n) is 3.89. The minimum Gasteiger partial charge on any atom is -0.399 e. The van der Waals surface area contributed by atoms with Crippen LogP contribution in [0.5, 0.6) is 0 Å². The Morgan fingerprint density at radius 1 is 0.862 bits per heavy atom. The van der Waals surface area contributed by atoms with Gasteiger partial charge in [0.1, 0.15) is 0 Å². The smallest absolute Gasteiger partial charge is 0.399 e. The lowest BCUT2D eigenvalue weighted by Crippen LogP contribution is -2.46. The highest BCUT2D eigenvalue weighted by Gasteiger charge is 2.39. The van der Waals surface area contributed by atoms with Crippen molar-refractivity contribution in [3.63, 3.8) is 0 Å². The van der Waals surface area contributed by atoms with Gasteiger partial charge in [-0.2, -0.15) is 0 Å². The molecule has 0 bridgehead atoms. The molecule has 29 heavy (non-hydrogen) atoms. The van der Waals surface area contributed by atoms with Crippen LogP contribution in [0.15, 0.2) is 6.07 Å². The highest BCUT2D eigenvalue weighted by atomic mass is 28.4. The maximum absolute atomic E-state index is 6.01. The Balaban J connectivity index is 3.01. The molecule has 5 nitrogen and oxygen atoms in total. The lowest BCUT2D eigenvalue weighted by molar-refractivity contribution is 0.0709. The molecule has 1 aromatic rings. The zero-order valence-electron chi connectivity index (χ0n) is 19.9. The van der Waals surface area contributed by atoms with E-state index in [1.807, 2.05) is 20.8 Å². The monoisotopic (exact) mass is 437 g/mol. The molecular weight excluding hydrogens is 396 g/mol. The van der Waals surface area contributed by atoms with Crippen molar-refractivity contribution in [2.45, 2.75) is 67.9 Å². The Kier molecular flexibility index (Phi) is 11.5. The average Bonchev–Trinajstić information content (AvgIpc) is 2.69. The first kappa shape index (κ1) is 26.2. The zero-order chi connectivity index (χ0) is 22.0. The zero-order valence-corrected chi connectivity index (χ0v) is 21.9. The lowest BCUT2D eigenvalue weighted by atomic mass is 10.00. The van der Waals surface area contributed by atoms with E-state index in [9.17, 15) is 0 Å². The number of benzene rings is 1. The molecule has 165 valence electrons. The molecule has 0 heterocycles. The second kappa shape index (κ2) is 12.7. The summed E-state index contributed by atoms with van der Waals surface area (Å²) in [5, 5.41) is 0. The highest BCUT2D eigenvalue weighted by Crippen LogP contribution is 2.34. The van der Waals surface area contributed by atoms with Gasteiger partial charge in [-0.15, -0.1) is 0 Å². The van der Waals surface area contributed by atoms with Crippen LogP contribution < -0.4 is 9.47 Å². The molecule has 0 spiro atoms. The topological polar surface area (TPSA) is 34.2 Å². The molecule has 7 heteroatoms. The molecule has 0 saturated carbocycles. The second-order valence-electron chi connectivity index (χ2n) is 7.22. The maximum Gasteiger partial charge on any atom is 0.500 e. The van der Waals surface area contributed by atoms with E-state index in [2.05, 4.69) is 60.6 Å². The molecular formula is C22H41N2O3Si2. The van der Waals surface area contributed by atoms with Crippen molar-refractivity contribution in [3.05, 3.63) is 22.8 Å². The second-order valence-corrected chi connectivity index (χ2v) is 10.5. The Labute approximate surface area is 183 Å². The third-order valence-corrected chi connectivity index (χ3v) is 9.03. The van der Waals surface area contributed by atoms with Gasteiger partial charge in [-0.3, -0.25) is 0 Å². The highest BCUT2D eigenvalue weighted by molar-refractivity contribution is 6.60. The van der Waals surface area contributed by atoms with E-state index >= 15 is 0 Å². The minimum absolute atomic E-state index is 0.628. The van der Waals surface area contributed by atoms with Gasteiger partial charge in [-0.1, -0.05) is 0 Å². The normalized spacial score (nSPS) is 11.8. The standard InChI is InChI=1S/C22H41N2O3Si2/c1-9-23(15-14-16-29(25-11-3,26-12-4)27-13-5)21-17-18(6)22(24(28)10-2)20(8)19(21)7/h17H,9-16H2,1-8H3. The molecule has 0 aliphatic heterocycles. The minimum atomic E-state index is -2.58. The predicted molar refractivity (Wildman–Crippen MR) is 127 cm³/mol. The van der Waals surface area contributed by atoms with Gasteiger partial charge in [0.15, 0.2) is 10.4 Å². The molecule has 0 amide bonds. The molecule has 0 saturated heterocycles. The Morgan fingerprint density at radius 3 is 1.86 bits per heavy atom. The SMILES string of the molecule is CCO[Si](CCCN(CC)c1cc(C)c(N([Si])CC)c(C)c1C)(OCC)OCC. The van der Waals surface area contributed by atoms with Crippen molar-refractivity contribution in [1.29, 1.82) is 0 Å². The number of hydrogen-bond donors (Lipinski definition) is 0. The van der Waals surface area contributed by atoms with Crippen molar-refractivity contribution in [2.24, 2.45) is 0 Å². The first-order chi connectivity index (χ1) is 13.8. The Hall–Kier alpha value is -0.866. The number of aryl methyl sites for hydroxylation is 1. The lowest BCUT2D eigenvalue weighted by Gasteiger charge is -2.32. The van der Waals surface area contributed by atoms with E-state index in [0.717, 1.165) is 32.1 Å². The van der Waals surface area contributed by atoms with Crippen molar-refractivity contribution in [1.82, 2.24) is 0 Å². The molecule has 0 aliphatic carbocycles. The first-order valence-electron chi connectivity index (χ1n) is 11.1. The Bertz CT molecular complexity index is 612. The molecule has 0 N–H and O–H groups in total. The van der Waals surface area contributed by atoms with E-state index in [0.29, 0.717) is 19.8 Å². The number of rotatable bonds is 14. The van der Waals surface area contributed by atoms with E-state index in [1.54, 1.807) is 0 Å². The summed E-state index contributed by atoms with van der Waals surface area (Å²) in [6.07, 6.45) is 0.985. The maximum atomic E-state index is 6.01. The van der Waals surface area contributed by atoms with Crippen LogP contribution in [0.4, 0.5) is 11.4 Å². The van der Waals surface area contributed by atoms with E-state index in [-0.39, 0.29) is 0 Å². The van der Waals surface area contributed by atoms with Crippen LogP contribution >= 0.6 is 0 Å². The van der Waals surface area contributed by atoms with Crippen LogP contribution in [0, 0.1) is 20.8 Å². The van der Waals surface area contributed by atoms with Crippen molar-refractivity contribution < 1.29 is 13.3 Å². The van der Waals surface area contributed by atoms with E-state index in [1.165, 1.54) is 28.1 Å². The Morgan fingerprint density at radius 2 is 1.41 bits per heavy atom. The number of nitrogens with zero attached hydrogens (tertiary/aromatic N) is 2. The van der Waals surface area contributed by atoms with Gasteiger partial charge in [-0.25, -0.2) is 0 Å². The summed E-state index contributed by atoms with van der Waals surface area (Å²) < 4.78 is 20.2. The first-order valence-corrected chi connectivity index (χ1v) is 13.4. The molecule has 1 rings (SSSR count). The van der Waals surface area contributed by atoms with Crippen LogP contribution in [-0.2, 0) is 13.3 Å². The van der Waals surface area contributed by atoms with Crippen LogP contribution in [0.25, 0.3) is 0 Å². The summed E-state index contributed by atoms with van der Waals surface area (Å²) in [7, 11) is 1.17. The van der Waals surface area contributed by atoms with Crippen LogP contribution in [0.2, 0.25) is 6.04 Å². The number of anilines is 2. The van der Waals surface area contributed by atoms with Gasteiger partial charge in [0.05, 0.1) is 0 Å². The van der Waals surface area contributed by atoms with Gasteiger partial charge in [0.25, 0.3) is 0 Å². The molecule has 0 fully saturated rings. The summed E-state index contributed by atoms with van der Waals surface area (Å²) in [4.78, 5) is 2.46. The average molecular weight is 438 g/mol. The molecule has 0 aromatic heterocycles. The molecule has 1 aromatic carbocycles. The predicted octanol–water partition coefficient (Wildman–Crippen LogP) is 4.79. The van der Waals surface area contributed by atoms with Gasteiger partial charge in [0.2, 0.25) is 0 Å². The van der Waals surface area contributed by atoms with Crippen LogP contribution in [0.1, 0.15) is 57.7 Å². The summed E-state index contributed by atoms with van der Waals surface area (Å²) in [5.74, 6) is 0. The fourth-order valence-corrected chi connectivity index (χ4v) is 6.82. The summed E-state index contributed by atoms with van der Waals surface area (Å²) in [5.41, 5.74) is 6.56. The molecule has 0 unspecified atom stereocenters. The summed E-state index contributed by atoms with van der Waals surface area (Å²) >= 11 is 0. The van der Waals surface area contributed by atoms with Crippen LogP contribution in [0.3, 0.4) is 0 Å². The van der Waals surface area contributed by atoms with Crippen molar-refractivity contribution in [3.8, 4) is 0 Å². The fraction of sp³-hybridized carbons (Fsp3) is 0.727. The molecule has 3 radical (unpaired) electrons. The molecule has 0 aliphatic rings. The van der Waals surface area contributed by atoms with Gasteiger partial charge in [0, 0.05) is 56.9 Å². The third-order valence-electron chi connectivity index (χ3n) is 5.34. The van der Waals surface area contributed by atoms with Crippen LogP contribution in [-0.4, -0.2) is 58.7 Å². The van der Waals surface area contributed by atoms with Crippen molar-refractivity contribution in [2.75, 3.05) is 48.9 Å². The van der Waals surface area contributed by atoms with Crippen molar-refractivity contribution >= 4 is 30.6 Å². The van der Waals surface area contributed by atoms with Gasteiger partial charge >= 0.3 is 8.80 Å². The van der Waals surface area contributed by atoms with E-state index < -0.39 is 8.80 Å². The van der Waals surface area contributed by atoms with Gasteiger partial charge < -0.3 is 22.7 Å². The van der Waals surface area contributed by atoms with Gasteiger partial charge in [-0.05, 0) is 84.6 Å². The third kappa shape index (κ3) is 6.82. The quantitative estimate of drug-likeness (QED) is 0.391.